The zero-order chi connectivity index (χ0) is 12.1. The molecule has 0 N–H and O–H groups in total. The zero-order valence-corrected chi connectivity index (χ0v) is 11.2. The average molecular weight is 263 g/mol. The van der Waals surface area contributed by atoms with Crippen molar-refractivity contribution in [3.05, 3.63) is 48.3 Å². The van der Waals surface area contributed by atoms with Crippen molar-refractivity contribution in [2.45, 2.75) is 17.1 Å². The standard InChI is InChI=1S/C12H13N3S2/c1-9-4-6-14-12(15-9)11(8-16)17-10-3-2-5-13-7-10/h2-7,11,16H,8H2,1H3. The second kappa shape index (κ2) is 6.02. The molecule has 3 nitrogen and oxygen atoms in total. The van der Waals surface area contributed by atoms with Gasteiger partial charge in [0, 0.05) is 34.9 Å². The number of aryl methyl sites for hydroxylation is 1. The Bertz CT molecular complexity index is 476. The molecule has 0 aliphatic rings. The van der Waals surface area contributed by atoms with Gasteiger partial charge in [0.25, 0.3) is 0 Å². The van der Waals surface area contributed by atoms with Crippen LogP contribution >= 0.6 is 24.4 Å². The van der Waals surface area contributed by atoms with Gasteiger partial charge in [-0.3, -0.25) is 4.98 Å². The molecule has 0 aromatic carbocycles. The van der Waals surface area contributed by atoms with Crippen molar-refractivity contribution in [1.82, 2.24) is 15.0 Å². The lowest BCUT2D eigenvalue weighted by Gasteiger charge is -2.12. The van der Waals surface area contributed by atoms with Gasteiger partial charge in [-0.2, -0.15) is 12.6 Å². The van der Waals surface area contributed by atoms with Crippen LogP contribution in [0.25, 0.3) is 0 Å². The van der Waals surface area contributed by atoms with Crippen LogP contribution < -0.4 is 0 Å². The van der Waals surface area contributed by atoms with Crippen molar-refractivity contribution < 1.29 is 0 Å². The lowest BCUT2D eigenvalue weighted by Crippen LogP contribution is -2.03. The van der Waals surface area contributed by atoms with E-state index in [2.05, 4.69) is 27.6 Å². The van der Waals surface area contributed by atoms with E-state index in [1.807, 2.05) is 31.3 Å². The van der Waals surface area contributed by atoms with E-state index in [0.717, 1.165) is 16.4 Å². The summed E-state index contributed by atoms with van der Waals surface area (Å²) in [5.74, 6) is 1.53. The van der Waals surface area contributed by atoms with E-state index < -0.39 is 0 Å². The number of pyridine rings is 1. The molecule has 0 aliphatic carbocycles. The maximum Gasteiger partial charge on any atom is 0.142 e. The number of hydrogen-bond donors (Lipinski definition) is 1. The van der Waals surface area contributed by atoms with Gasteiger partial charge in [-0.05, 0) is 25.1 Å². The largest absolute Gasteiger partial charge is 0.264 e. The first kappa shape index (κ1) is 12.4. The molecule has 2 rings (SSSR count). The Kier molecular flexibility index (Phi) is 4.39. The predicted octanol–water partition coefficient (Wildman–Crippen LogP) is 2.94. The van der Waals surface area contributed by atoms with Crippen LogP contribution in [0.5, 0.6) is 0 Å². The Morgan fingerprint density at radius 3 is 2.88 bits per heavy atom. The van der Waals surface area contributed by atoms with Crippen LogP contribution in [-0.4, -0.2) is 20.7 Å². The van der Waals surface area contributed by atoms with Crippen LogP contribution in [0.3, 0.4) is 0 Å². The summed E-state index contributed by atoms with van der Waals surface area (Å²) in [6.45, 7) is 1.97. The summed E-state index contributed by atoms with van der Waals surface area (Å²) in [5.41, 5.74) is 0.980. The minimum atomic E-state index is 0.155. The van der Waals surface area contributed by atoms with Crippen molar-refractivity contribution in [1.29, 1.82) is 0 Å². The van der Waals surface area contributed by atoms with Crippen LogP contribution in [0.1, 0.15) is 16.8 Å². The monoisotopic (exact) mass is 263 g/mol. The summed E-state index contributed by atoms with van der Waals surface area (Å²) in [7, 11) is 0. The normalized spacial score (nSPS) is 12.4. The van der Waals surface area contributed by atoms with Crippen molar-refractivity contribution in [2.75, 3.05) is 5.75 Å². The summed E-state index contributed by atoms with van der Waals surface area (Å²) >= 11 is 6.06. The molecular weight excluding hydrogens is 250 g/mol. The summed E-state index contributed by atoms with van der Waals surface area (Å²) in [6.07, 6.45) is 5.40. The van der Waals surface area contributed by atoms with Gasteiger partial charge in [0.05, 0.1) is 5.25 Å². The molecule has 0 spiro atoms. The third-order valence-electron chi connectivity index (χ3n) is 2.18. The fraction of sp³-hybridized carbons (Fsp3) is 0.250. The van der Waals surface area contributed by atoms with Gasteiger partial charge in [-0.1, -0.05) is 0 Å². The molecule has 2 heterocycles. The van der Waals surface area contributed by atoms with Gasteiger partial charge in [0.15, 0.2) is 0 Å². The molecule has 0 fully saturated rings. The topological polar surface area (TPSA) is 38.7 Å². The molecule has 0 saturated heterocycles. The Hall–Kier alpha value is -1.07. The minimum absolute atomic E-state index is 0.155. The van der Waals surface area contributed by atoms with E-state index >= 15 is 0 Å². The molecule has 0 aliphatic heterocycles. The zero-order valence-electron chi connectivity index (χ0n) is 9.45. The maximum absolute atomic E-state index is 4.44. The van der Waals surface area contributed by atoms with Gasteiger partial charge >= 0.3 is 0 Å². The number of nitrogens with zero attached hydrogens (tertiary/aromatic N) is 3. The van der Waals surface area contributed by atoms with Crippen molar-refractivity contribution in [2.24, 2.45) is 0 Å². The molecule has 17 heavy (non-hydrogen) atoms. The Balaban J connectivity index is 2.17. The Labute approximate surface area is 111 Å². The summed E-state index contributed by atoms with van der Waals surface area (Å²) in [5, 5.41) is 0.155. The second-order valence-corrected chi connectivity index (χ2v) is 5.18. The average Bonchev–Trinajstić information content (AvgIpc) is 2.37. The van der Waals surface area contributed by atoms with E-state index in [4.69, 9.17) is 0 Å². The van der Waals surface area contributed by atoms with E-state index in [-0.39, 0.29) is 5.25 Å². The summed E-state index contributed by atoms with van der Waals surface area (Å²) < 4.78 is 0. The second-order valence-electron chi connectivity index (χ2n) is 3.53. The molecule has 5 heteroatoms. The van der Waals surface area contributed by atoms with E-state index in [0.29, 0.717) is 5.75 Å². The van der Waals surface area contributed by atoms with Crippen LogP contribution in [0.4, 0.5) is 0 Å². The first-order chi connectivity index (χ1) is 8.29. The van der Waals surface area contributed by atoms with Crippen LogP contribution in [-0.2, 0) is 0 Å². The quantitative estimate of drug-likeness (QED) is 0.680. The highest BCUT2D eigenvalue weighted by molar-refractivity contribution is 8.00. The van der Waals surface area contributed by atoms with Gasteiger partial charge < -0.3 is 0 Å². The Morgan fingerprint density at radius 1 is 1.35 bits per heavy atom. The van der Waals surface area contributed by atoms with Crippen LogP contribution in [0.15, 0.2) is 41.7 Å². The lowest BCUT2D eigenvalue weighted by molar-refractivity contribution is 0.907. The third-order valence-corrected chi connectivity index (χ3v) is 3.97. The highest BCUT2D eigenvalue weighted by Gasteiger charge is 2.14. The van der Waals surface area contributed by atoms with Crippen molar-refractivity contribution in [3.63, 3.8) is 0 Å². The molecule has 2 aromatic heterocycles. The number of rotatable bonds is 4. The molecule has 0 bridgehead atoms. The smallest absolute Gasteiger partial charge is 0.142 e. The van der Waals surface area contributed by atoms with Gasteiger partial charge in [-0.25, -0.2) is 9.97 Å². The number of aromatic nitrogens is 3. The summed E-state index contributed by atoms with van der Waals surface area (Å²) in [4.78, 5) is 13.9. The fourth-order valence-corrected chi connectivity index (χ4v) is 2.66. The fourth-order valence-electron chi connectivity index (χ4n) is 1.38. The maximum atomic E-state index is 4.44. The number of hydrogen-bond acceptors (Lipinski definition) is 5. The van der Waals surface area contributed by atoms with E-state index in [9.17, 15) is 0 Å². The van der Waals surface area contributed by atoms with Crippen molar-refractivity contribution >= 4 is 24.4 Å². The van der Waals surface area contributed by atoms with Crippen LogP contribution in [0, 0.1) is 6.92 Å². The molecule has 0 radical (unpaired) electrons. The third kappa shape index (κ3) is 3.44. The van der Waals surface area contributed by atoms with E-state index in [1.54, 1.807) is 24.2 Å². The van der Waals surface area contributed by atoms with E-state index in [1.165, 1.54) is 0 Å². The van der Waals surface area contributed by atoms with Crippen molar-refractivity contribution in [3.8, 4) is 0 Å². The molecule has 1 unspecified atom stereocenters. The highest BCUT2D eigenvalue weighted by atomic mass is 32.2. The first-order valence-electron chi connectivity index (χ1n) is 5.26. The van der Waals surface area contributed by atoms with Crippen LogP contribution in [0.2, 0.25) is 0 Å². The minimum Gasteiger partial charge on any atom is -0.264 e. The van der Waals surface area contributed by atoms with Gasteiger partial charge in [0.2, 0.25) is 0 Å². The van der Waals surface area contributed by atoms with Gasteiger partial charge in [-0.15, -0.1) is 11.8 Å². The first-order valence-corrected chi connectivity index (χ1v) is 6.78. The summed E-state index contributed by atoms with van der Waals surface area (Å²) in [6, 6.07) is 5.85. The predicted molar refractivity (Wildman–Crippen MR) is 73.5 cm³/mol. The number of thioether (sulfide) groups is 1. The van der Waals surface area contributed by atoms with Gasteiger partial charge in [0.1, 0.15) is 5.82 Å². The molecule has 1 atom stereocenters. The molecule has 0 saturated carbocycles. The highest BCUT2D eigenvalue weighted by Crippen LogP contribution is 2.33. The lowest BCUT2D eigenvalue weighted by atomic mass is 10.4. The Morgan fingerprint density at radius 2 is 2.24 bits per heavy atom. The SMILES string of the molecule is Cc1ccnc(C(CS)Sc2cccnc2)n1. The molecule has 0 amide bonds. The number of thiol groups is 1. The molecule has 88 valence electrons. The molecular formula is C12H13N3S2. The molecule has 2 aromatic rings.